The Bertz CT molecular complexity index is 484. The second-order valence-electron chi connectivity index (χ2n) is 3.53. The third kappa shape index (κ3) is 2.43. The first-order valence-corrected chi connectivity index (χ1v) is 5.66. The van der Waals surface area contributed by atoms with Gasteiger partial charge in [0.15, 0.2) is 0 Å². The molecule has 0 fully saturated rings. The Kier molecular flexibility index (Phi) is 3.26. The first-order chi connectivity index (χ1) is 7.66. The standard InChI is InChI=1S/C11H12BrN3O/c12-8-5-14-15(6-8)7-11(16)9-3-1-2-4-10(9)13/h1-6,11,16H,7,13H2. The summed E-state index contributed by atoms with van der Waals surface area (Å²) in [5, 5.41) is 14.1. The number of aromatic nitrogens is 2. The van der Waals surface area contributed by atoms with Crippen molar-refractivity contribution >= 4 is 21.6 Å². The topological polar surface area (TPSA) is 64.1 Å². The summed E-state index contributed by atoms with van der Waals surface area (Å²) in [5.41, 5.74) is 7.11. The van der Waals surface area contributed by atoms with E-state index in [4.69, 9.17) is 5.73 Å². The zero-order valence-corrected chi connectivity index (χ0v) is 10.1. The minimum atomic E-state index is -0.645. The molecule has 1 atom stereocenters. The van der Waals surface area contributed by atoms with Crippen LogP contribution in [0.1, 0.15) is 11.7 Å². The molecule has 84 valence electrons. The third-order valence-electron chi connectivity index (χ3n) is 2.32. The maximum Gasteiger partial charge on any atom is 0.101 e. The van der Waals surface area contributed by atoms with E-state index in [1.165, 1.54) is 0 Å². The summed E-state index contributed by atoms with van der Waals surface area (Å²) >= 11 is 3.30. The Morgan fingerprint density at radius 1 is 1.44 bits per heavy atom. The molecule has 0 amide bonds. The fourth-order valence-corrected chi connectivity index (χ4v) is 1.86. The minimum Gasteiger partial charge on any atom is -0.398 e. The van der Waals surface area contributed by atoms with Gasteiger partial charge in [-0.25, -0.2) is 0 Å². The highest BCUT2D eigenvalue weighted by atomic mass is 79.9. The molecule has 1 heterocycles. The van der Waals surface area contributed by atoms with Crippen molar-refractivity contribution in [1.29, 1.82) is 0 Å². The number of nitrogens with two attached hydrogens (primary N) is 1. The van der Waals surface area contributed by atoms with Crippen LogP contribution in [0.3, 0.4) is 0 Å². The zero-order valence-electron chi connectivity index (χ0n) is 8.55. The predicted molar refractivity (Wildman–Crippen MR) is 65.7 cm³/mol. The summed E-state index contributed by atoms with van der Waals surface area (Å²) in [6, 6.07) is 7.29. The van der Waals surface area contributed by atoms with E-state index >= 15 is 0 Å². The SMILES string of the molecule is Nc1ccccc1C(O)Cn1cc(Br)cn1. The molecule has 0 spiro atoms. The molecular formula is C11H12BrN3O. The van der Waals surface area contributed by atoms with Crippen molar-refractivity contribution in [3.05, 3.63) is 46.7 Å². The van der Waals surface area contributed by atoms with Crippen LogP contribution in [-0.4, -0.2) is 14.9 Å². The van der Waals surface area contributed by atoms with Crippen LogP contribution in [0, 0.1) is 0 Å². The highest BCUT2D eigenvalue weighted by Gasteiger charge is 2.11. The highest BCUT2D eigenvalue weighted by Crippen LogP contribution is 2.21. The average molecular weight is 282 g/mol. The van der Waals surface area contributed by atoms with E-state index in [9.17, 15) is 5.11 Å². The van der Waals surface area contributed by atoms with E-state index < -0.39 is 6.10 Å². The van der Waals surface area contributed by atoms with Crippen molar-refractivity contribution in [2.45, 2.75) is 12.6 Å². The number of hydrogen-bond donors (Lipinski definition) is 2. The zero-order chi connectivity index (χ0) is 11.5. The van der Waals surface area contributed by atoms with Crippen molar-refractivity contribution in [2.24, 2.45) is 0 Å². The van der Waals surface area contributed by atoms with Crippen LogP contribution in [0.25, 0.3) is 0 Å². The smallest absolute Gasteiger partial charge is 0.101 e. The van der Waals surface area contributed by atoms with Crippen molar-refractivity contribution in [3.63, 3.8) is 0 Å². The van der Waals surface area contributed by atoms with Crippen LogP contribution in [-0.2, 0) is 6.54 Å². The molecule has 1 unspecified atom stereocenters. The summed E-state index contributed by atoms with van der Waals surface area (Å²) in [5.74, 6) is 0. The molecule has 2 aromatic rings. The van der Waals surface area contributed by atoms with Crippen molar-refractivity contribution in [3.8, 4) is 0 Å². The Hall–Kier alpha value is -1.33. The molecule has 0 aliphatic heterocycles. The molecule has 0 bridgehead atoms. The molecule has 1 aromatic heterocycles. The highest BCUT2D eigenvalue weighted by molar-refractivity contribution is 9.10. The quantitative estimate of drug-likeness (QED) is 0.846. The lowest BCUT2D eigenvalue weighted by molar-refractivity contribution is 0.152. The molecule has 3 N–H and O–H groups in total. The fourth-order valence-electron chi connectivity index (χ4n) is 1.53. The molecular weight excluding hydrogens is 270 g/mol. The van der Waals surface area contributed by atoms with Gasteiger partial charge >= 0.3 is 0 Å². The Morgan fingerprint density at radius 3 is 2.81 bits per heavy atom. The Labute approximate surface area is 102 Å². The summed E-state index contributed by atoms with van der Waals surface area (Å²) in [4.78, 5) is 0. The molecule has 0 aliphatic carbocycles. The number of hydrogen-bond acceptors (Lipinski definition) is 3. The Morgan fingerprint density at radius 2 is 2.19 bits per heavy atom. The maximum atomic E-state index is 10.0. The van der Waals surface area contributed by atoms with Gasteiger partial charge in [-0.3, -0.25) is 4.68 Å². The van der Waals surface area contributed by atoms with Gasteiger partial charge in [0.1, 0.15) is 6.10 Å². The summed E-state index contributed by atoms with van der Waals surface area (Å²) in [7, 11) is 0. The van der Waals surface area contributed by atoms with Gasteiger partial charge in [0.2, 0.25) is 0 Å². The molecule has 5 heteroatoms. The molecule has 2 rings (SSSR count). The lowest BCUT2D eigenvalue weighted by Crippen LogP contribution is -2.10. The summed E-state index contributed by atoms with van der Waals surface area (Å²) in [6.07, 6.45) is 2.84. The van der Waals surface area contributed by atoms with Crippen LogP contribution in [0.4, 0.5) is 5.69 Å². The number of nitrogens with zero attached hydrogens (tertiary/aromatic N) is 2. The van der Waals surface area contributed by atoms with E-state index in [-0.39, 0.29) is 0 Å². The van der Waals surface area contributed by atoms with Gasteiger partial charge in [-0.05, 0) is 22.0 Å². The number of benzene rings is 1. The summed E-state index contributed by atoms with van der Waals surface area (Å²) < 4.78 is 2.56. The fraction of sp³-hybridized carbons (Fsp3) is 0.182. The normalized spacial score (nSPS) is 12.6. The number of aliphatic hydroxyl groups excluding tert-OH is 1. The van der Waals surface area contributed by atoms with Gasteiger partial charge in [-0.15, -0.1) is 0 Å². The first kappa shape index (κ1) is 11.2. The number of anilines is 1. The summed E-state index contributed by atoms with van der Waals surface area (Å²) in [6.45, 7) is 0.389. The molecule has 0 aliphatic rings. The first-order valence-electron chi connectivity index (χ1n) is 4.87. The van der Waals surface area contributed by atoms with Crippen LogP contribution in [0.15, 0.2) is 41.1 Å². The largest absolute Gasteiger partial charge is 0.398 e. The lowest BCUT2D eigenvalue weighted by Gasteiger charge is -2.13. The van der Waals surface area contributed by atoms with Gasteiger partial charge in [0, 0.05) is 17.4 Å². The molecule has 4 nitrogen and oxygen atoms in total. The second-order valence-corrected chi connectivity index (χ2v) is 4.44. The lowest BCUT2D eigenvalue weighted by atomic mass is 10.1. The number of rotatable bonds is 3. The van der Waals surface area contributed by atoms with Gasteiger partial charge in [-0.1, -0.05) is 18.2 Å². The average Bonchev–Trinajstić information content (AvgIpc) is 2.64. The van der Waals surface area contributed by atoms with Gasteiger partial charge in [0.05, 0.1) is 17.2 Å². The number of halogens is 1. The van der Waals surface area contributed by atoms with E-state index in [1.807, 2.05) is 24.4 Å². The molecule has 16 heavy (non-hydrogen) atoms. The monoisotopic (exact) mass is 281 g/mol. The van der Waals surface area contributed by atoms with E-state index in [0.717, 1.165) is 10.0 Å². The molecule has 1 aromatic carbocycles. The van der Waals surface area contributed by atoms with Gasteiger partial charge < -0.3 is 10.8 Å². The minimum absolute atomic E-state index is 0.389. The van der Waals surface area contributed by atoms with Crippen LogP contribution < -0.4 is 5.73 Å². The van der Waals surface area contributed by atoms with Crippen LogP contribution in [0.5, 0.6) is 0 Å². The predicted octanol–water partition coefficient (Wildman–Crippen LogP) is 1.96. The number of nitrogen functional groups attached to an aromatic ring is 1. The van der Waals surface area contributed by atoms with Crippen molar-refractivity contribution < 1.29 is 5.11 Å². The number of aliphatic hydroxyl groups is 1. The molecule has 0 radical (unpaired) electrons. The molecule has 0 saturated heterocycles. The number of para-hydroxylation sites is 1. The van der Waals surface area contributed by atoms with Crippen LogP contribution >= 0.6 is 15.9 Å². The van der Waals surface area contributed by atoms with E-state index in [2.05, 4.69) is 21.0 Å². The van der Waals surface area contributed by atoms with Gasteiger partial charge in [0.25, 0.3) is 0 Å². The van der Waals surface area contributed by atoms with E-state index in [0.29, 0.717) is 12.2 Å². The second kappa shape index (κ2) is 4.67. The van der Waals surface area contributed by atoms with Gasteiger partial charge in [-0.2, -0.15) is 5.10 Å². The van der Waals surface area contributed by atoms with Crippen LogP contribution in [0.2, 0.25) is 0 Å². The molecule has 0 saturated carbocycles. The third-order valence-corrected chi connectivity index (χ3v) is 2.73. The van der Waals surface area contributed by atoms with Crippen molar-refractivity contribution in [2.75, 3.05) is 5.73 Å². The van der Waals surface area contributed by atoms with E-state index in [1.54, 1.807) is 16.9 Å². The Balaban J connectivity index is 2.14. The van der Waals surface area contributed by atoms with Crippen molar-refractivity contribution in [1.82, 2.24) is 9.78 Å². The maximum absolute atomic E-state index is 10.0.